The van der Waals surface area contributed by atoms with Crippen LogP contribution in [-0.2, 0) is 4.79 Å². The Morgan fingerprint density at radius 2 is 2.28 bits per heavy atom. The zero-order valence-electron chi connectivity index (χ0n) is 10.7. The molecule has 2 aromatic heterocycles. The minimum Gasteiger partial charge on any atom is -0.359 e. The van der Waals surface area contributed by atoms with Crippen LogP contribution < -0.4 is 10.2 Å². The number of carbonyl (C=O) groups excluding carboxylic acids is 1. The molecule has 0 saturated carbocycles. The van der Waals surface area contributed by atoms with Crippen LogP contribution >= 0.6 is 11.3 Å². The normalized spacial score (nSPS) is 10.6. The first-order chi connectivity index (χ1) is 8.63. The summed E-state index contributed by atoms with van der Waals surface area (Å²) in [7, 11) is 3.59. The Hall–Kier alpha value is -1.69. The van der Waals surface area contributed by atoms with Crippen LogP contribution in [0, 0.1) is 6.92 Å². The number of hydrogen-bond acceptors (Lipinski definition) is 5. The van der Waals surface area contributed by atoms with Gasteiger partial charge in [-0.2, -0.15) is 0 Å². The second kappa shape index (κ2) is 5.30. The van der Waals surface area contributed by atoms with E-state index in [9.17, 15) is 4.79 Å². The van der Waals surface area contributed by atoms with E-state index >= 15 is 0 Å². The first kappa shape index (κ1) is 12.8. The molecule has 0 spiro atoms. The van der Waals surface area contributed by atoms with Crippen molar-refractivity contribution in [3.63, 3.8) is 0 Å². The Morgan fingerprint density at radius 3 is 3.00 bits per heavy atom. The molecule has 0 aromatic carbocycles. The molecule has 6 heteroatoms. The quantitative estimate of drug-likeness (QED) is 0.910. The van der Waals surface area contributed by atoms with E-state index < -0.39 is 0 Å². The topological polar surface area (TPSA) is 58.1 Å². The van der Waals surface area contributed by atoms with Crippen molar-refractivity contribution in [3.8, 4) is 0 Å². The molecule has 0 aliphatic carbocycles. The molecule has 0 aliphatic rings. The highest BCUT2D eigenvalue weighted by Gasteiger charge is 2.12. The third-order valence-electron chi connectivity index (χ3n) is 2.85. The van der Waals surface area contributed by atoms with Crippen LogP contribution in [0.1, 0.15) is 12.0 Å². The summed E-state index contributed by atoms with van der Waals surface area (Å²) in [4.78, 5) is 22.8. The smallest absolute Gasteiger partial charge is 0.221 e. The van der Waals surface area contributed by atoms with Gasteiger partial charge in [0, 0.05) is 27.1 Å². The molecule has 1 amide bonds. The Balaban J connectivity index is 2.24. The van der Waals surface area contributed by atoms with Gasteiger partial charge in [0.2, 0.25) is 5.91 Å². The molecule has 0 fully saturated rings. The van der Waals surface area contributed by atoms with Crippen molar-refractivity contribution in [2.75, 3.05) is 25.5 Å². The van der Waals surface area contributed by atoms with Crippen LogP contribution in [-0.4, -0.2) is 36.5 Å². The van der Waals surface area contributed by atoms with Crippen LogP contribution in [0.3, 0.4) is 0 Å². The van der Waals surface area contributed by atoms with Gasteiger partial charge in [-0.3, -0.25) is 4.79 Å². The molecule has 2 rings (SSSR count). The molecule has 2 aromatic rings. The first-order valence-electron chi connectivity index (χ1n) is 5.74. The summed E-state index contributed by atoms with van der Waals surface area (Å²) in [6.07, 6.45) is 2.03. The molecule has 18 heavy (non-hydrogen) atoms. The largest absolute Gasteiger partial charge is 0.359 e. The van der Waals surface area contributed by atoms with Crippen molar-refractivity contribution in [2.45, 2.75) is 13.3 Å². The lowest BCUT2D eigenvalue weighted by molar-refractivity contribution is -0.120. The molecule has 96 valence electrons. The minimum atomic E-state index is 0.0363. The molecular weight excluding hydrogens is 248 g/mol. The van der Waals surface area contributed by atoms with E-state index in [1.807, 2.05) is 11.9 Å². The lowest BCUT2D eigenvalue weighted by Crippen LogP contribution is -2.27. The maximum atomic E-state index is 11.3. The average molecular weight is 264 g/mol. The van der Waals surface area contributed by atoms with Gasteiger partial charge in [0.05, 0.1) is 5.39 Å². The summed E-state index contributed by atoms with van der Waals surface area (Å²) in [6, 6.07) is 0. The van der Waals surface area contributed by atoms with Gasteiger partial charge in [-0.1, -0.05) is 0 Å². The van der Waals surface area contributed by atoms with Gasteiger partial charge in [-0.15, -0.1) is 11.3 Å². The van der Waals surface area contributed by atoms with E-state index in [-0.39, 0.29) is 5.91 Å². The van der Waals surface area contributed by atoms with Gasteiger partial charge in [0.15, 0.2) is 0 Å². The maximum Gasteiger partial charge on any atom is 0.221 e. The zero-order chi connectivity index (χ0) is 13.1. The van der Waals surface area contributed by atoms with Crippen LogP contribution in [0.5, 0.6) is 0 Å². The van der Waals surface area contributed by atoms with Gasteiger partial charge in [-0.25, -0.2) is 9.97 Å². The summed E-state index contributed by atoms with van der Waals surface area (Å²) in [5.74, 6) is 0.928. The maximum absolute atomic E-state index is 11.3. The van der Waals surface area contributed by atoms with Crippen LogP contribution in [0.2, 0.25) is 0 Å². The van der Waals surface area contributed by atoms with E-state index in [0.29, 0.717) is 13.0 Å². The molecule has 5 nitrogen and oxygen atoms in total. The Bertz CT molecular complexity index is 566. The summed E-state index contributed by atoms with van der Waals surface area (Å²) >= 11 is 1.62. The summed E-state index contributed by atoms with van der Waals surface area (Å²) in [6.45, 7) is 2.69. The molecular formula is C12H16N4OS. The number of aryl methyl sites for hydroxylation is 1. The van der Waals surface area contributed by atoms with E-state index in [1.54, 1.807) is 24.7 Å². The summed E-state index contributed by atoms with van der Waals surface area (Å²) in [5.41, 5.74) is 1.18. The van der Waals surface area contributed by atoms with Gasteiger partial charge in [-0.05, 0) is 17.9 Å². The number of amides is 1. The Kier molecular flexibility index (Phi) is 3.76. The zero-order valence-corrected chi connectivity index (χ0v) is 11.5. The summed E-state index contributed by atoms with van der Waals surface area (Å²) in [5, 5.41) is 5.78. The lowest BCUT2D eigenvalue weighted by atomic mass is 10.2. The van der Waals surface area contributed by atoms with Crippen LogP contribution in [0.4, 0.5) is 5.82 Å². The number of fused-ring (bicyclic) bond motifs is 1. The molecule has 0 unspecified atom stereocenters. The lowest BCUT2D eigenvalue weighted by Gasteiger charge is -2.18. The van der Waals surface area contributed by atoms with E-state index in [4.69, 9.17) is 0 Å². The van der Waals surface area contributed by atoms with Crippen molar-refractivity contribution in [1.29, 1.82) is 0 Å². The standard InChI is InChI=1S/C12H16N4OS/c1-8-6-18-12-10(8)11(14-7-15-12)16(3)5-4-9(17)13-2/h6-7H,4-5H2,1-3H3,(H,13,17). The SMILES string of the molecule is CNC(=O)CCN(C)c1ncnc2scc(C)c12. The minimum absolute atomic E-state index is 0.0363. The molecule has 0 radical (unpaired) electrons. The Labute approximate surface area is 110 Å². The number of anilines is 1. The molecule has 1 N–H and O–H groups in total. The summed E-state index contributed by atoms with van der Waals surface area (Å²) < 4.78 is 0. The number of nitrogens with one attached hydrogen (secondary N) is 1. The molecule has 0 atom stereocenters. The van der Waals surface area contributed by atoms with Gasteiger partial charge in [0.25, 0.3) is 0 Å². The highest BCUT2D eigenvalue weighted by atomic mass is 32.1. The van der Waals surface area contributed by atoms with Crippen LogP contribution in [0.25, 0.3) is 10.2 Å². The van der Waals surface area contributed by atoms with Crippen LogP contribution in [0.15, 0.2) is 11.7 Å². The van der Waals surface area contributed by atoms with Crippen molar-refractivity contribution >= 4 is 33.3 Å². The number of hydrogen-bond donors (Lipinski definition) is 1. The average Bonchev–Trinajstić information content (AvgIpc) is 2.77. The van der Waals surface area contributed by atoms with Gasteiger partial charge >= 0.3 is 0 Å². The fourth-order valence-corrected chi connectivity index (χ4v) is 2.67. The van der Waals surface area contributed by atoms with Crippen molar-refractivity contribution < 1.29 is 4.79 Å². The first-order valence-corrected chi connectivity index (χ1v) is 6.62. The molecule has 0 bridgehead atoms. The number of nitrogens with zero attached hydrogens (tertiary/aromatic N) is 3. The third-order valence-corrected chi connectivity index (χ3v) is 3.85. The van der Waals surface area contributed by atoms with Gasteiger partial charge in [0.1, 0.15) is 17.0 Å². The van der Waals surface area contributed by atoms with E-state index in [0.717, 1.165) is 16.0 Å². The predicted octanol–water partition coefficient (Wildman–Crippen LogP) is 1.57. The number of thiophene rings is 1. The van der Waals surface area contributed by atoms with Crippen molar-refractivity contribution in [3.05, 3.63) is 17.3 Å². The predicted molar refractivity (Wildman–Crippen MR) is 74.1 cm³/mol. The van der Waals surface area contributed by atoms with E-state index in [2.05, 4.69) is 27.6 Å². The fourth-order valence-electron chi connectivity index (χ4n) is 1.79. The highest BCUT2D eigenvalue weighted by Crippen LogP contribution is 2.30. The second-order valence-corrected chi connectivity index (χ2v) is 5.00. The molecule has 0 saturated heterocycles. The molecule has 0 aliphatic heterocycles. The number of rotatable bonds is 4. The number of aromatic nitrogens is 2. The van der Waals surface area contributed by atoms with Gasteiger partial charge < -0.3 is 10.2 Å². The third kappa shape index (κ3) is 2.43. The molecule has 2 heterocycles. The highest BCUT2D eigenvalue weighted by molar-refractivity contribution is 7.17. The Morgan fingerprint density at radius 1 is 1.50 bits per heavy atom. The second-order valence-electron chi connectivity index (χ2n) is 4.14. The monoisotopic (exact) mass is 264 g/mol. The van der Waals surface area contributed by atoms with E-state index in [1.165, 1.54) is 5.56 Å². The van der Waals surface area contributed by atoms with Crippen molar-refractivity contribution in [2.24, 2.45) is 0 Å². The number of carbonyl (C=O) groups is 1. The fraction of sp³-hybridized carbons (Fsp3) is 0.417. The van der Waals surface area contributed by atoms with Crippen molar-refractivity contribution in [1.82, 2.24) is 15.3 Å².